The molecule has 0 aliphatic carbocycles. The molecule has 0 aliphatic rings. The normalized spacial score (nSPS) is 10.2. The van der Waals surface area contributed by atoms with Crippen LogP contribution in [0, 0.1) is 15.9 Å². The minimum absolute atomic E-state index is 0.134. The van der Waals surface area contributed by atoms with Crippen molar-refractivity contribution in [1.82, 2.24) is 0 Å². The molecule has 2 aromatic rings. The molecule has 0 bridgehead atoms. The molecule has 0 aliphatic heterocycles. The van der Waals surface area contributed by atoms with E-state index in [1.54, 1.807) is 6.92 Å². The highest BCUT2D eigenvalue weighted by atomic mass is 19.1. The Hall–Kier alpha value is -3.36. The predicted molar refractivity (Wildman–Crippen MR) is 92.9 cm³/mol. The molecule has 0 unspecified atom stereocenters. The van der Waals surface area contributed by atoms with Crippen molar-refractivity contribution in [2.45, 2.75) is 13.5 Å². The van der Waals surface area contributed by atoms with Gasteiger partial charge in [-0.2, -0.15) is 0 Å². The van der Waals surface area contributed by atoms with Crippen LogP contribution in [0.25, 0.3) is 0 Å². The summed E-state index contributed by atoms with van der Waals surface area (Å²) < 4.78 is 34.0. The SMILES string of the molecule is CCOc1cc([N+](=O)[O-])c(C(=O)OCc2cc(F)ccc2OC)cc1OC. The van der Waals surface area contributed by atoms with Crippen molar-refractivity contribution in [3.05, 3.63) is 57.4 Å². The number of hydrogen-bond acceptors (Lipinski definition) is 7. The molecule has 2 aromatic carbocycles. The number of rotatable bonds is 8. The smallest absolute Gasteiger partial charge is 0.345 e. The number of carbonyl (C=O) groups excluding carboxylic acids is 1. The van der Waals surface area contributed by atoms with Crippen LogP contribution in [0.4, 0.5) is 10.1 Å². The van der Waals surface area contributed by atoms with Crippen molar-refractivity contribution in [2.75, 3.05) is 20.8 Å². The van der Waals surface area contributed by atoms with Gasteiger partial charge in [-0.1, -0.05) is 0 Å². The molecule has 9 heteroatoms. The molecule has 0 fully saturated rings. The zero-order chi connectivity index (χ0) is 20.0. The molecule has 0 N–H and O–H groups in total. The van der Waals surface area contributed by atoms with Crippen molar-refractivity contribution in [3.8, 4) is 17.2 Å². The summed E-state index contributed by atoms with van der Waals surface area (Å²) in [6, 6.07) is 6.02. The van der Waals surface area contributed by atoms with Gasteiger partial charge in [0.2, 0.25) is 0 Å². The van der Waals surface area contributed by atoms with E-state index in [1.165, 1.54) is 32.4 Å². The van der Waals surface area contributed by atoms with Crippen molar-refractivity contribution in [1.29, 1.82) is 0 Å². The van der Waals surface area contributed by atoms with Crippen LogP contribution in [0.15, 0.2) is 30.3 Å². The highest BCUT2D eigenvalue weighted by Gasteiger charge is 2.26. The van der Waals surface area contributed by atoms with E-state index < -0.39 is 22.4 Å². The van der Waals surface area contributed by atoms with Crippen LogP contribution in [-0.2, 0) is 11.3 Å². The van der Waals surface area contributed by atoms with Gasteiger partial charge in [0.15, 0.2) is 11.5 Å². The maximum absolute atomic E-state index is 13.4. The van der Waals surface area contributed by atoms with Crippen LogP contribution >= 0.6 is 0 Å². The number of carbonyl (C=O) groups is 1. The van der Waals surface area contributed by atoms with Crippen LogP contribution in [0.5, 0.6) is 17.2 Å². The number of ether oxygens (including phenoxy) is 4. The zero-order valence-electron chi connectivity index (χ0n) is 15.0. The molecule has 0 spiro atoms. The molecule has 0 atom stereocenters. The predicted octanol–water partition coefficient (Wildman–Crippen LogP) is 3.51. The van der Waals surface area contributed by atoms with E-state index in [0.717, 1.165) is 12.1 Å². The number of hydrogen-bond donors (Lipinski definition) is 0. The molecule has 0 saturated carbocycles. The van der Waals surface area contributed by atoms with Crippen molar-refractivity contribution in [2.24, 2.45) is 0 Å². The van der Waals surface area contributed by atoms with Crippen LogP contribution in [0.1, 0.15) is 22.8 Å². The molecular weight excluding hydrogens is 361 g/mol. The third-order valence-electron chi connectivity index (χ3n) is 3.60. The van der Waals surface area contributed by atoms with Crippen molar-refractivity contribution >= 4 is 11.7 Å². The fraction of sp³-hybridized carbons (Fsp3) is 0.278. The fourth-order valence-electron chi connectivity index (χ4n) is 2.37. The van der Waals surface area contributed by atoms with Crippen LogP contribution in [0.3, 0.4) is 0 Å². The zero-order valence-corrected chi connectivity index (χ0v) is 15.0. The Labute approximate surface area is 154 Å². The maximum atomic E-state index is 13.4. The monoisotopic (exact) mass is 379 g/mol. The van der Waals surface area contributed by atoms with Gasteiger partial charge in [0.05, 0.1) is 31.8 Å². The van der Waals surface area contributed by atoms with Crippen molar-refractivity contribution < 1.29 is 33.1 Å². The Morgan fingerprint density at radius 1 is 1.11 bits per heavy atom. The first-order chi connectivity index (χ1) is 12.9. The van der Waals surface area contributed by atoms with E-state index >= 15 is 0 Å². The Bertz CT molecular complexity index is 854. The molecule has 27 heavy (non-hydrogen) atoms. The van der Waals surface area contributed by atoms with Gasteiger partial charge >= 0.3 is 5.97 Å². The lowest BCUT2D eigenvalue weighted by Crippen LogP contribution is -2.10. The summed E-state index contributed by atoms with van der Waals surface area (Å²) in [5.41, 5.74) is -0.516. The van der Waals surface area contributed by atoms with E-state index in [1.807, 2.05) is 0 Å². The number of esters is 1. The lowest BCUT2D eigenvalue weighted by atomic mass is 10.1. The molecule has 8 nitrogen and oxygen atoms in total. The summed E-state index contributed by atoms with van der Waals surface area (Å²) in [7, 11) is 2.73. The van der Waals surface area contributed by atoms with Gasteiger partial charge in [0.1, 0.15) is 23.7 Å². The third-order valence-corrected chi connectivity index (χ3v) is 3.60. The van der Waals surface area contributed by atoms with Crippen LogP contribution < -0.4 is 14.2 Å². The second-order valence-corrected chi connectivity index (χ2v) is 5.24. The highest BCUT2D eigenvalue weighted by Crippen LogP contribution is 2.35. The summed E-state index contributed by atoms with van der Waals surface area (Å²) in [6.07, 6.45) is 0. The first-order valence-electron chi connectivity index (χ1n) is 7.90. The second kappa shape index (κ2) is 8.84. The molecule has 0 heterocycles. The highest BCUT2D eigenvalue weighted by molar-refractivity contribution is 5.95. The molecule has 0 aromatic heterocycles. The Morgan fingerprint density at radius 3 is 2.41 bits per heavy atom. The van der Waals surface area contributed by atoms with E-state index in [-0.39, 0.29) is 35.8 Å². The van der Waals surface area contributed by atoms with Gasteiger partial charge in [0, 0.05) is 11.6 Å². The molecule has 0 amide bonds. The van der Waals surface area contributed by atoms with E-state index in [4.69, 9.17) is 18.9 Å². The molecule has 2 rings (SSSR count). The number of halogens is 1. The number of methoxy groups -OCH3 is 2. The number of benzene rings is 2. The minimum Gasteiger partial charge on any atom is -0.496 e. The average molecular weight is 379 g/mol. The van der Waals surface area contributed by atoms with Crippen molar-refractivity contribution in [3.63, 3.8) is 0 Å². The quantitative estimate of drug-likeness (QED) is 0.393. The average Bonchev–Trinajstić information content (AvgIpc) is 2.66. The number of nitrogens with zero attached hydrogens (tertiary/aromatic N) is 1. The Kier molecular flexibility index (Phi) is 6.53. The summed E-state index contributed by atoms with van der Waals surface area (Å²) in [5.74, 6) is -0.888. The number of nitro groups is 1. The molecule has 0 saturated heterocycles. The molecule has 144 valence electrons. The van der Waals surface area contributed by atoms with Crippen LogP contribution in [0.2, 0.25) is 0 Å². The van der Waals surface area contributed by atoms with E-state index in [9.17, 15) is 19.3 Å². The second-order valence-electron chi connectivity index (χ2n) is 5.24. The van der Waals surface area contributed by atoms with E-state index in [0.29, 0.717) is 5.75 Å². The maximum Gasteiger partial charge on any atom is 0.345 e. The molecular formula is C18H18FNO7. The largest absolute Gasteiger partial charge is 0.496 e. The van der Waals surface area contributed by atoms with Gasteiger partial charge in [0.25, 0.3) is 5.69 Å². The van der Waals surface area contributed by atoms with Gasteiger partial charge < -0.3 is 18.9 Å². The first kappa shape index (κ1) is 20.0. The lowest BCUT2D eigenvalue weighted by Gasteiger charge is -2.12. The minimum atomic E-state index is -0.964. The summed E-state index contributed by atoms with van der Waals surface area (Å²) >= 11 is 0. The van der Waals surface area contributed by atoms with Crippen LogP contribution in [-0.4, -0.2) is 31.7 Å². The summed E-state index contributed by atoms with van der Waals surface area (Å²) in [6.45, 7) is 1.64. The van der Waals surface area contributed by atoms with E-state index in [2.05, 4.69) is 0 Å². The van der Waals surface area contributed by atoms with Gasteiger partial charge in [-0.25, -0.2) is 9.18 Å². The number of nitro benzene ring substituents is 1. The Morgan fingerprint density at radius 2 is 1.81 bits per heavy atom. The third kappa shape index (κ3) is 4.63. The first-order valence-corrected chi connectivity index (χ1v) is 7.90. The Balaban J connectivity index is 2.32. The fourth-order valence-corrected chi connectivity index (χ4v) is 2.37. The van der Waals surface area contributed by atoms with Gasteiger partial charge in [-0.05, 0) is 25.1 Å². The summed E-state index contributed by atoms with van der Waals surface area (Å²) in [4.78, 5) is 23.0. The molecule has 0 radical (unpaired) electrons. The van der Waals surface area contributed by atoms with Gasteiger partial charge in [-0.15, -0.1) is 0 Å². The summed E-state index contributed by atoms with van der Waals surface area (Å²) in [5, 5.41) is 11.3. The topological polar surface area (TPSA) is 97.1 Å². The standard InChI is InChI=1S/C18H18FNO7/c1-4-26-17-9-14(20(22)23)13(8-16(17)25-3)18(21)27-10-11-7-12(19)5-6-15(11)24-2/h5-9H,4,10H2,1-3H3. The lowest BCUT2D eigenvalue weighted by molar-refractivity contribution is -0.385. The van der Waals surface area contributed by atoms with Gasteiger partial charge in [-0.3, -0.25) is 10.1 Å².